The standard InChI is InChI=1S/C16H30N2O/c1-12-5-3-6-14(9-12)10-16(19)18-8-4-7-15(11-18)13(2)17/h12-15H,3-11,17H2,1-2H3. The van der Waals surface area contributed by atoms with Gasteiger partial charge in [-0.2, -0.15) is 0 Å². The number of hydrogen-bond donors (Lipinski definition) is 1. The average molecular weight is 266 g/mol. The summed E-state index contributed by atoms with van der Waals surface area (Å²) in [6.45, 7) is 6.23. The highest BCUT2D eigenvalue weighted by Crippen LogP contribution is 2.31. The van der Waals surface area contributed by atoms with Crippen molar-refractivity contribution in [3.63, 3.8) is 0 Å². The highest BCUT2D eigenvalue weighted by atomic mass is 16.2. The second kappa shape index (κ2) is 6.74. The Morgan fingerprint density at radius 1 is 1.32 bits per heavy atom. The van der Waals surface area contributed by atoms with E-state index in [4.69, 9.17) is 5.73 Å². The molecular formula is C16H30N2O. The van der Waals surface area contributed by atoms with Gasteiger partial charge in [-0.05, 0) is 50.4 Å². The first-order valence-electron chi connectivity index (χ1n) is 8.09. The first-order chi connectivity index (χ1) is 9.06. The Bertz CT molecular complexity index is 303. The molecule has 3 nitrogen and oxygen atoms in total. The van der Waals surface area contributed by atoms with Crippen LogP contribution in [0.2, 0.25) is 0 Å². The zero-order chi connectivity index (χ0) is 13.8. The lowest BCUT2D eigenvalue weighted by molar-refractivity contribution is -0.134. The summed E-state index contributed by atoms with van der Waals surface area (Å²) in [6.07, 6.45) is 8.23. The maximum absolute atomic E-state index is 12.4. The highest BCUT2D eigenvalue weighted by Gasteiger charge is 2.28. The van der Waals surface area contributed by atoms with Gasteiger partial charge in [-0.1, -0.05) is 19.8 Å². The van der Waals surface area contributed by atoms with Crippen molar-refractivity contribution in [2.24, 2.45) is 23.5 Å². The molecule has 1 saturated heterocycles. The molecule has 0 bridgehead atoms. The zero-order valence-corrected chi connectivity index (χ0v) is 12.6. The number of rotatable bonds is 3. The summed E-state index contributed by atoms with van der Waals surface area (Å²) < 4.78 is 0. The van der Waals surface area contributed by atoms with Crippen molar-refractivity contribution in [3.05, 3.63) is 0 Å². The third kappa shape index (κ3) is 4.20. The zero-order valence-electron chi connectivity index (χ0n) is 12.6. The minimum absolute atomic E-state index is 0.213. The molecular weight excluding hydrogens is 236 g/mol. The summed E-state index contributed by atoms with van der Waals surface area (Å²) >= 11 is 0. The van der Waals surface area contributed by atoms with Gasteiger partial charge in [-0.15, -0.1) is 0 Å². The molecule has 0 aromatic rings. The topological polar surface area (TPSA) is 46.3 Å². The van der Waals surface area contributed by atoms with E-state index in [1.807, 2.05) is 0 Å². The van der Waals surface area contributed by atoms with E-state index in [2.05, 4.69) is 18.7 Å². The van der Waals surface area contributed by atoms with Gasteiger partial charge in [-0.3, -0.25) is 4.79 Å². The van der Waals surface area contributed by atoms with Gasteiger partial charge in [0.1, 0.15) is 0 Å². The molecule has 0 aromatic carbocycles. The molecule has 110 valence electrons. The third-order valence-corrected chi connectivity index (χ3v) is 5.06. The summed E-state index contributed by atoms with van der Waals surface area (Å²) in [5, 5.41) is 0. The predicted octanol–water partition coefficient (Wildman–Crippen LogP) is 2.79. The number of nitrogens with two attached hydrogens (primary N) is 1. The number of hydrogen-bond acceptors (Lipinski definition) is 2. The molecule has 19 heavy (non-hydrogen) atoms. The summed E-state index contributed by atoms with van der Waals surface area (Å²) in [5.74, 6) is 2.32. The predicted molar refractivity (Wildman–Crippen MR) is 78.7 cm³/mol. The molecule has 0 spiro atoms. The van der Waals surface area contributed by atoms with Crippen molar-refractivity contribution in [2.75, 3.05) is 13.1 Å². The van der Waals surface area contributed by atoms with E-state index >= 15 is 0 Å². The minimum atomic E-state index is 0.213. The number of nitrogens with zero attached hydrogens (tertiary/aromatic N) is 1. The lowest BCUT2D eigenvalue weighted by Gasteiger charge is -2.36. The van der Waals surface area contributed by atoms with Gasteiger partial charge in [0, 0.05) is 25.6 Å². The van der Waals surface area contributed by atoms with E-state index in [0.29, 0.717) is 17.7 Å². The Morgan fingerprint density at radius 2 is 2.11 bits per heavy atom. The Kier molecular flexibility index (Phi) is 5.26. The van der Waals surface area contributed by atoms with Gasteiger partial charge in [0.25, 0.3) is 0 Å². The van der Waals surface area contributed by atoms with E-state index in [-0.39, 0.29) is 6.04 Å². The maximum Gasteiger partial charge on any atom is 0.222 e. The summed E-state index contributed by atoms with van der Waals surface area (Å²) in [6, 6.07) is 0.213. The molecule has 0 aromatic heterocycles. The molecule has 4 atom stereocenters. The Labute approximate surface area is 117 Å². The van der Waals surface area contributed by atoms with Gasteiger partial charge < -0.3 is 10.6 Å². The second-order valence-electron chi connectivity index (χ2n) is 6.94. The average Bonchev–Trinajstić information content (AvgIpc) is 2.39. The Balaban J connectivity index is 1.82. The van der Waals surface area contributed by atoms with Crippen LogP contribution >= 0.6 is 0 Å². The van der Waals surface area contributed by atoms with Gasteiger partial charge in [0.2, 0.25) is 5.91 Å². The fraction of sp³-hybridized carbons (Fsp3) is 0.938. The van der Waals surface area contributed by atoms with Crippen LogP contribution in [0.5, 0.6) is 0 Å². The fourth-order valence-corrected chi connectivity index (χ4v) is 3.79. The van der Waals surface area contributed by atoms with E-state index in [1.54, 1.807) is 0 Å². The molecule has 1 heterocycles. The molecule has 1 amide bonds. The van der Waals surface area contributed by atoms with Crippen LogP contribution in [-0.2, 0) is 4.79 Å². The van der Waals surface area contributed by atoms with Crippen LogP contribution in [-0.4, -0.2) is 29.9 Å². The van der Waals surface area contributed by atoms with Crippen molar-refractivity contribution in [2.45, 2.75) is 64.8 Å². The molecule has 2 fully saturated rings. The summed E-state index contributed by atoms with van der Waals surface area (Å²) in [4.78, 5) is 14.5. The van der Waals surface area contributed by atoms with Crippen molar-refractivity contribution in [1.29, 1.82) is 0 Å². The first-order valence-corrected chi connectivity index (χ1v) is 8.09. The van der Waals surface area contributed by atoms with Gasteiger partial charge >= 0.3 is 0 Å². The van der Waals surface area contributed by atoms with Crippen LogP contribution in [0.4, 0.5) is 0 Å². The Morgan fingerprint density at radius 3 is 2.79 bits per heavy atom. The number of carbonyl (C=O) groups excluding carboxylic acids is 1. The van der Waals surface area contributed by atoms with Crippen molar-refractivity contribution >= 4 is 5.91 Å². The van der Waals surface area contributed by atoms with Crippen LogP contribution < -0.4 is 5.73 Å². The van der Waals surface area contributed by atoms with Crippen molar-refractivity contribution < 1.29 is 4.79 Å². The lowest BCUT2D eigenvalue weighted by Crippen LogP contribution is -2.45. The molecule has 1 aliphatic heterocycles. The van der Waals surface area contributed by atoms with Crippen LogP contribution in [0.25, 0.3) is 0 Å². The normalized spacial score (nSPS) is 34.1. The third-order valence-electron chi connectivity index (χ3n) is 5.06. The van der Waals surface area contributed by atoms with E-state index in [9.17, 15) is 4.79 Å². The van der Waals surface area contributed by atoms with E-state index < -0.39 is 0 Å². The number of likely N-dealkylation sites (tertiary alicyclic amines) is 1. The SMILES string of the molecule is CC1CCCC(CC(=O)N2CCCC(C(C)N)C2)C1. The second-order valence-corrected chi connectivity index (χ2v) is 6.94. The molecule has 1 aliphatic carbocycles. The molecule has 2 N–H and O–H groups in total. The van der Waals surface area contributed by atoms with Crippen LogP contribution in [0.3, 0.4) is 0 Å². The largest absolute Gasteiger partial charge is 0.342 e. The maximum atomic E-state index is 12.4. The smallest absolute Gasteiger partial charge is 0.222 e. The van der Waals surface area contributed by atoms with E-state index in [0.717, 1.165) is 31.8 Å². The lowest BCUT2D eigenvalue weighted by atomic mass is 9.80. The van der Waals surface area contributed by atoms with Crippen LogP contribution in [0.1, 0.15) is 58.8 Å². The van der Waals surface area contributed by atoms with Gasteiger partial charge in [0.15, 0.2) is 0 Å². The van der Waals surface area contributed by atoms with Gasteiger partial charge in [-0.25, -0.2) is 0 Å². The van der Waals surface area contributed by atoms with Crippen LogP contribution in [0.15, 0.2) is 0 Å². The Hall–Kier alpha value is -0.570. The molecule has 1 saturated carbocycles. The molecule has 4 unspecified atom stereocenters. The van der Waals surface area contributed by atoms with E-state index in [1.165, 1.54) is 32.1 Å². The fourth-order valence-electron chi connectivity index (χ4n) is 3.79. The monoisotopic (exact) mass is 266 g/mol. The van der Waals surface area contributed by atoms with Crippen LogP contribution in [0, 0.1) is 17.8 Å². The minimum Gasteiger partial charge on any atom is -0.342 e. The highest BCUT2D eigenvalue weighted by molar-refractivity contribution is 5.76. The number of piperidine rings is 1. The summed E-state index contributed by atoms with van der Waals surface area (Å²) in [7, 11) is 0. The molecule has 2 rings (SSSR count). The number of amides is 1. The summed E-state index contributed by atoms with van der Waals surface area (Å²) in [5.41, 5.74) is 5.99. The number of carbonyl (C=O) groups is 1. The molecule has 3 heteroatoms. The van der Waals surface area contributed by atoms with Crippen molar-refractivity contribution in [3.8, 4) is 0 Å². The first kappa shape index (κ1) is 14.8. The molecule has 0 radical (unpaired) electrons. The van der Waals surface area contributed by atoms with Gasteiger partial charge in [0.05, 0.1) is 0 Å². The van der Waals surface area contributed by atoms with Crippen molar-refractivity contribution in [1.82, 2.24) is 4.90 Å². The molecule has 2 aliphatic rings. The quantitative estimate of drug-likeness (QED) is 0.854.